The number of carbonyl (C=O) groups excluding carboxylic acids is 3. The number of phenols is 5. The molecule has 0 saturated carbocycles. The van der Waals surface area contributed by atoms with Crippen LogP contribution in [0.4, 0.5) is 0 Å². The van der Waals surface area contributed by atoms with Crippen molar-refractivity contribution in [2.24, 2.45) is 0 Å². The van der Waals surface area contributed by atoms with Crippen LogP contribution in [0.2, 0.25) is 0 Å². The third kappa shape index (κ3) is 10.6. The molecule has 0 amide bonds. The summed E-state index contributed by atoms with van der Waals surface area (Å²) >= 11 is 0. The zero-order valence-corrected chi connectivity index (χ0v) is 26.9. The summed E-state index contributed by atoms with van der Waals surface area (Å²) in [5.74, 6) is -4.26. The van der Waals surface area contributed by atoms with Crippen LogP contribution in [0.25, 0.3) is 0 Å². The van der Waals surface area contributed by atoms with Gasteiger partial charge in [0, 0.05) is 0 Å². The van der Waals surface area contributed by atoms with Crippen molar-refractivity contribution in [1.29, 1.82) is 0 Å². The summed E-state index contributed by atoms with van der Waals surface area (Å²) in [5.41, 5.74) is 1.59. The topological polar surface area (TPSA) is 239 Å². The molecule has 7 N–H and O–H groups in total. The molecule has 50 heavy (non-hydrogen) atoms. The molecule has 4 rings (SSSR count). The number of phenolic OH excluding ortho intramolecular Hbond substituents is 5. The maximum absolute atomic E-state index is 13.1. The zero-order valence-electron chi connectivity index (χ0n) is 26.9. The molecule has 1 fully saturated rings. The van der Waals surface area contributed by atoms with Gasteiger partial charge in [0.05, 0.1) is 32.5 Å². The average molecular weight is 699 g/mol. The summed E-state index contributed by atoms with van der Waals surface area (Å²) in [6, 6.07) is 13.2. The van der Waals surface area contributed by atoms with Gasteiger partial charge in [0.2, 0.25) is 0 Å². The van der Waals surface area contributed by atoms with Crippen molar-refractivity contribution in [3.05, 3.63) is 89.0 Å². The average Bonchev–Trinajstić information content (AvgIpc) is 3.06. The molecule has 0 radical (unpaired) electrons. The van der Waals surface area contributed by atoms with Crippen molar-refractivity contribution in [3.8, 4) is 28.7 Å². The van der Waals surface area contributed by atoms with Crippen molar-refractivity contribution >= 4 is 17.9 Å². The summed E-state index contributed by atoms with van der Waals surface area (Å²) in [6.45, 7) is 0.621. The number of aliphatic hydroxyl groups is 2. The first-order valence-corrected chi connectivity index (χ1v) is 15.4. The fourth-order valence-corrected chi connectivity index (χ4v) is 4.95. The number of ether oxygens (including phenoxy) is 5. The molecule has 1 aliphatic rings. The Morgan fingerprint density at radius 3 is 1.80 bits per heavy atom. The predicted molar refractivity (Wildman–Crippen MR) is 171 cm³/mol. The summed E-state index contributed by atoms with van der Waals surface area (Å²) < 4.78 is 28.4. The minimum absolute atomic E-state index is 0.0232. The first-order valence-electron chi connectivity index (χ1n) is 15.4. The molecule has 1 saturated heterocycles. The molecule has 0 spiro atoms. The molecule has 0 bridgehead atoms. The van der Waals surface area contributed by atoms with Gasteiger partial charge in [0.15, 0.2) is 41.5 Å². The first kappa shape index (κ1) is 37.5. The van der Waals surface area contributed by atoms with E-state index >= 15 is 0 Å². The Morgan fingerprint density at radius 2 is 1.24 bits per heavy atom. The van der Waals surface area contributed by atoms with E-state index in [1.807, 2.05) is 0 Å². The number of esters is 3. The van der Waals surface area contributed by atoms with E-state index in [2.05, 4.69) is 0 Å². The molecule has 5 unspecified atom stereocenters. The SMILES string of the molecule is CC(=CCO)COC1OC(COC(=O)Cc2ccc(O)c(O)c2)C(OC(=O)Cc2ccc(O)cc2)C(O)C1OC(=O)Cc1ccc(O)c(O)c1. The van der Waals surface area contributed by atoms with Crippen LogP contribution >= 0.6 is 0 Å². The van der Waals surface area contributed by atoms with Crippen LogP contribution in [0.3, 0.4) is 0 Å². The van der Waals surface area contributed by atoms with Crippen molar-refractivity contribution < 1.29 is 73.8 Å². The molecule has 3 aromatic carbocycles. The normalized spacial score (nSPS) is 20.5. The maximum Gasteiger partial charge on any atom is 0.310 e. The highest BCUT2D eigenvalue weighted by Crippen LogP contribution is 2.30. The summed E-state index contributed by atoms with van der Waals surface area (Å²) in [5, 5.41) is 69.1. The smallest absolute Gasteiger partial charge is 0.310 e. The minimum Gasteiger partial charge on any atom is -0.508 e. The van der Waals surface area contributed by atoms with E-state index in [-0.39, 0.29) is 43.1 Å². The van der Waals surface area contributed by atoms with Gasteiger partial charge in [-0.15, -0.1) is 0 Å². The number of hydrogen-bond acceptors (Lipinski definition) is 15. The highest BCUT2D eigenvalue weighted by molar-refractivity contribution is 5.74. The molecular formula is C35H38O15. The summed E-state index contributed by atoms with van der Waals surface area (Å²) in [4.78, 5) is 38.9. The Labute approximate surface area is 286 Å². The van der Waals surface area contributed by atoms with Gasteiger partial charge in [-0.25, -0.2) is 0 Å². The van der Waals surface area contributed by atoms with Crippen molar-refractivity contribution in [2.45, 2.75) is 56.9 Å². The molecule has 3 aromatic rings. The number of aromatic hydroxyl groups is 5. The van der Waals surface area contributed by atoms with Crippen LogP contribution < -0.4 is 0 Å². The van der Waals surface area contributed by atoms with E-state index in [0.717, 1.165) is 6.07 Å². The zero-order chi connectivity index (χ0) is 36.4. The van der Waals surface area contributed by atoms with E-state index in [1.54, 1.807) is 6.92 Å². The van der Waals surface area contributed by atoms with Crippen molar-refractivity contribution in [3.63, 3.8) is 0 Å². The van der Waals surface area contributed by atoms with Crippen LogP contribution in [0.15, 0.2) is 72.3 Å². The van der Waals surface area contributed by atoms with E-state index in [9.17, 15) is 50.1 Å². The van der Waals surface area contributed by atoms with Crippen molar-refractivity contribution in [2.75, 3.05) is 19.8 Å². The molecule has 0 aliphatic carbocycles. The van der Waals surface area contributed by atoms with Crippen LogP contribution in [-0.4, -0.2) is 104 Å². The Hall–Kier alpha value is -5.35. The van der Waals surface area contributed by atoms with Crippen LogP contribution in [0.5, 0.6) is 28.7 Å². The van der Waals surface area contributed by atoms with E-state index in [0.29, 0.717) is 16.7 Å². The van der Waals surface area contributed by atoms with Gasteiger partial charge < -0.3 is 59.4 Å². The van der Waals surface area contributed by atoms with Gasteiger partial charge in [0.25, 0.3) is 0 Å². The number of hydrogen-bond donors (Lipinski definition) is 7. The molecule has 15 heteroatoms. The minimum atomic E-state index is -1.80. The molecule has 268 valence electrons. The highest BCUT2D eigenvalue weighted by Gasteiger charge is 2.50. The van der Waals surface area contributed by atoms with Crippen molar-refractivity contribution in [1.82, 2.24) is 0 Å². The Kier molecular flexibility index (Phi) is 13.0. The Morgan fingerprint density at radius 1 is 0.720 bits per heavy atom. The van der Waals surface area contributed by atoms with Gasteiger partial charge in [-0.05, 0) is 65.6 Å². The fourth-order valence-electron chi connectivity index (χ4n) is 4.95. The second kappa shape index (κ2) is 17.3. The third-order valence-corrected chi connectivity index (χ3v) is 7.54. The van der Waals surface area contributed by atoms with Gasteiger partial charge in [-0.1, -0.05) is 30.3 Å². The van der Waals surface area contributed by atoms with E-state index < -0.39 is 78.9 Å². The third-order valence-electron chi connectivity index (χ3n) is 7.54. The number of carbonyl (C=O) groups is 3. The molecule has 1 aliphatic heterocycles. The second-order valence-electron chi connectivity index (χ2n) is 11.5. The quantitative estimate of drug-likeness (QED) is 0.0548. The standard InChI is InChI=1S/C35H38O15/c1-19(10-11-36)17-47-35-34(50-31(44)16-22-5-9-25(39)27(41)13-22)32(45)33(49-30(43)14-20-2-6-23(37)7-3-20)28(48-35)18-46-29(42)15-21-4-8-24(38)26(40)12-21/h2-10,12-13,28,32-41,45H,11,14-18H2,1H3. The summed E-state index contributed by atoms with van der Waals surface area (Å²) in [6.07, 6.45) is -7.42. The second-order valence-corrected chi connectivity index (χ2v) is 11.5. The van der Waals surface area contributed by atoms with E-state index in [1.165, 1.54) is 60.7 Å². The molecule has 0 aromatic heterocycles. The molecule has 15 nitrogen and oxygen atoms in total. The van der Waals surface area contributed by atoms with Gasteiger partial charge >= 0.3 is 17.9 Å². The van der Waals surface area contributed by atoms with Crippen LogP contribution in [0, 0.1) is 0 Å². The largest absolute Gasteiger partial charge is 0.508 e. The lowest BCUT2D eigenvalue weighted by Gasteiger charge is -2.43. The highest BCUT2D eigenvalue weighted by atomic mass is 16.7. The molecule has 1 heterocycles. The van der Waals surface area contributed by atoms with Gasteiger partial charge in [0.1, 0.15) is 24.6 Å². The first-order chi connectivity index (χ1) is 23.8. The lowest BCUT2D eigenvalue weighted by atomic mass is 9.98. The monoisotopic (exact) mass is 698 g/mol. The van der Waals surface area contributed by atoms with Gasteiger partial charge in [-0.3, -0.25) is 14.4 Å². The summed E-state index contributed by atoms with van der Waals surface area (Å²) in [7, 11) is 0. The van der Waals surface area contributed by atoms with Gasteiger partial charge in [-0.2, -0.15) is 0 Å². The maximum atomic E-state index is 13.1. The number of rotatable bonds is 14. The lowest BCUT2D eigenvalue weighted by molar-refractivity contribution is -0.304. The lowest BCUT2D eigenvalue weighted by Crippen LogP contribution is -2.62. The Balaban J connectivity index is 1.56. The van der Waals surface area contributed by atoms with Crippen LogP contribution in [0.1, 0.15) is 23.6 Å². The molecule has 5 atom stereocenters. The van der Waals surface area contributed by atoms with E-state index in [4.69, 9.17) is 23.7 Å². The van der Waals surface area contributed by atoms with Crippen LogP contribution in [-0.2, 0) is 57.3 Å². The number of aliphatic hydroxyl groups excluding tert-OH is 2. The predicted octanol–water partition coefficient (Wildman–Crippen LogP) is 1.65. The Bertz CT molecular complexity index is 1670. The number of benzene rings is 3. The molecular weight excluding hydrogens is 660 g/mol. The fraction of sp³-hybridized carbons (Fsp3) is 0.343.